The Morgan fingerprint density at radius 3 is 3.00 bits per heavy atom. The molecule has 0 saturated heterocycles. The van der Waals surface area contributed by atoms with Crippen LogP contribution in [0.15, 0.2) is 17.4 Å². The normalized spacial score (nSPS) is 12.0. The molecule has 0 aliphatic rings. The Morgan fingerprint density at radius 2 is 2.55 bits per heavy atom. The minimum atomic E-state index is 0.539. The largest absolute Gasteiger partial charge is 0.411 e. The molecule has 1 N–H and O–H groups in total. The molecule has 0 bridgehead atoms. The van der Waals surface area contributed by atoms with Gasteiger partial charge in [0.25, 0.3) is 0 Å². The van der Waals surface area contributed by atoms with Gasteiger partial charge in [-0.25, -0.2) is 0 Å². The predicted molar refractivity (Wildman–Crippen MR) is 41.9 cm³/mol. The van der Waals surface area contributed by atoms with Crippen LogP contribution in [0.5, 0.6) is 0 Å². The van der Waals surface area contributed by atoms with Crippen LogP contribution in [0, 0.1) is 0 Å². The third kappa shape index (κ3) is 1.58. The summed E-state index contributed by atoms with van der Waals surface area (Å²) >= 11 is 0. The van der Waals surface area contributed by atoms with Crippen LogP contribution in [0.4, 0.5) is 0 Å². The van der Waals surface area contributed by atoms with Gasteiger partial charge in [-0.1, -0.05) is 5.16 Å². The number of aryl methyl sites for hydroxylation is 1. The second-order valence-corrected chi connectivity index (χ2v) is 2.24. The maximum absolute atomic E-state index is 8.41. The van der Waals surface area contributed by atoms with E-state index >= 15 is 0 Å². The summed E-state index contributed by atoms with van der Waals surface area (Å²) in [7, 11) is 0. The SMILES string of the molecule is CCn1ccc(/C(C)=N\O)n1. The fourth-order valence-electron chi connectivity index (χ4n) is 0.782. The van der Waals surface area contributed by atoms with E-state index in [1.54, 1.807) is 11.6 Å². The molecule has 0 saturated carbocycles. The lowest BCUT2D eigenvalue weighted by atomic mass is 10.3. The smallest absolute Gasteiger partial charge is 0.110 e. The van der Waals surface area contributed by atoms with Crippen molar-refractivity contribution in [2.45, 2.75) is 20.4 Å². The minimum Gasteiger partial charge on any atom is -0.411 e. The van der Waals surface area contributed by atoms with Gasteiger partial charge in [-0.15, -0.1) is 0 Å². The summed E-state index contributed by atoms with van der Waals surface area (Å²) in [4.78, 5) is 0. The first-order valence-corrected chi connectivity index (χ1v) is 3.50. The fourth-order valence-corrected chi connectivity index (χ4v) is 0.782. The van der Waals surface area contributed by atoms with Gasteiger partial charge >= 0.3 is 0 Å². The molecule has 1 rings (SSSR count). The first kappa shape index (κ1) is 7.78. The summed E-state index contributed by atoms with van der Waals surface area (Å²) in [5, 5.41) is 15.6. The molecule has 0 fully saturated rings. The summed E-state index contributed by atoms with van der Waals surface area (Å²) in [6.07, 6.45) is 1.85. The van der Waals surface area contributed by atoms with Gasteiger partial charge in [-0.05, 0) is 19.9 Å². The summed E-state index contributed by atoms with van der Waals surface area (Å²) in [6.45, 7) is 4.54. The van der Waals surface area contributed by atoms with Crippen molar-refractivity contribution < 1.29 is 5.21 Å². The number of aromatic nitrogens is 2. The Kier molecular flexibility index (Phi) is 2.25. The Labute approximate surface area is 65.1 Å². The van der Waals surface area contributed by atoms with Crippen molar-refractivity contribution in [3.8, 4) is 0 Å². The first-order chi connectivity index (χ1) is 5.27. The fraction of sp³-hybridized carbons (Fsp3) is 0.429. The number of nitrogens with zero attached hydrogens (tertiary/aromatic N) is 3. The Morgan fingerprint density at radius 1 is 1.82 bits per heavy atom. The lowest BCUT2D eigenvalue weighted by Crippen LogP contribution is -1.99. The summed E-state index contributed by atoms with van der Waals surface area (Å²) in [5.41, 5.74) is 1.26. The monoisotopic (exact) mass is 153 g/mol. The molecular formula is C7H11N3O. The van der Waals surface area contributed by atoms with Crippen molar-refractivity contribution in [2.75, 3.05) is 0 Å². The molecule has 0 aromatic carbocycles. The van der Waals surface area contributed by atoms with Gasteiger partial charge in [-0.3, -0.25) is 4.68 Å². The number of oxime groups is 1. The molecule has 4 nitrogen and oxygen atoms in total. The molecule has 60 valence electrons. The van der Waals surface area contributed by atoms with Gasteiger partial charge in [0.05, 0.1) is 0 Å². The second-order valence-electron chi connectivity index (χ2n) is 2.24. The summed E-state index contributed by atoms with van der Waals surface area (Å²) < 4.78 is 1.78. The van der Waals surface area contributed by atoms with Crippen LogP contribution in [-0.2, 0) is 6.54 Å². The third-order valence-corrected chi connectivity index (χ3v) is 1.49. The van der Waals surface area contributed by atoms with E-state index in [0.717, 1.165) is 6.54 Å². The minimum absolute atomic E-state index is 0.539. The zero-order valence-electron chi connectivity index (χ0n) is 6.65. The van der Waals surface area contributed by atoms with Crippen molar-refractivity contribution >= 4 is 5.71 Å². The van der Waals surface area contributed by atoms with Crippen LogP contribution in [0.25, 0.3) is 0 Å². The average Bonchev–Trinajstić information content (AvgIpc) is 2.50. The van der Waals surface area contributed by atoms with Crippen molar-refractivity contribution in [3.05, 3.63) is 18.0 Å². The van der Waals surface area contributed by atoms with Gasteiger partial charge in [0.15, 0.2) is 0 Å². The maximum atomic E-state index is 8.41. The molecule has 11 heavy (non-hydrogen) atoms. The Balaban J connectivity index is 2.89. The van der Waals surface area contributed by atoms with E-state index in [1.807, 2.05) is 19.2 Å². The molecule has 4 heteroatoms. The van der Waals surface area contributed by atoms with Gasteiger partial charge in [0.1, 0.15) is 11.4 Å². The molecular weight excluding hydrogens is 142 g/mol. The van der Waals surface area contributed by atoms with E-state index in [2.05, 4.69) is 10.3 Å². The molecule has 0 amide bonds. The molecule has 0 aliphatic heterocycles. The Hall–Kier alpha value is -1.32. The molecule has 0 atom stereocenters. The highest BCUT2D eigenvalue weighted by molar-refractivity contribution is 5.96. The lowest BCUT2D eigenvalue weighted by molar-refractivity contribution is 0.319. The quantitative estimate of drug-likeness (QED) is 0.393. The van der Waals surface area contributed by atoms with Crippen LogP contribution in [0.1, 0.15) is 19.5 Å². The van der Waals surface area contributed by atoms with E-state index in [4.69, 9.17) is 5.21 Å². The zero-order valence-corrected chi connectivity index (χ0v) is 6.65. The van der Waals surface area contributed by atoms with Gasteiger partial charge < -0.3 is 5.21 Å². The lowest BCUT2D eigenvalue weighted by Gasteiger charge is -1.92. The number of rotatable bonds is 2. The van der Waals surface area contributed by atoms with Crippen molar-refractivity contribution in [2.24, 2.45) is 5.16 Å². The van der Waals surface area contributed by atoms with Crippen molar-refractivity contribution in [1.29, 1.82) is 0 Å². The van der Waals surface area contributed by atoms with Crippen molar-refractivity contribution in [3.63, 3.8) is 0 Å². The van der Waals surface area contributed by atoms with Gasteiger partial charge in [0, 0.05) is 12.7 Å². The van der Waals surface area contributed by atoms with E-state index in [9.17, 15) is 0 Å². The van der Waals surface area contributed by atoms with Crippen LogP contribution in [0.3, 0.4) is 0 Å². The standard InChI is InChI=1S/C7H11N3O/c1-3-10-5-4-7(8-10)6(2)9-11/h4-5,11H,3H2,1-2H3/b9-6-. The molecule has 0 radical (unpaired) electrons. The molecule has 1 aromatic heterocycles. The highest BCUT2D eigenvalue weighted by atomic mass is 16.4. The van der Waals surface area contributed by atoms with E-state index in [1.165, 1.54) is 0 Å². The first-order valence-electron chi connectivity index (χ1n) is 3.50. The number of hydrogen-bond acceptors (Lipinski definition) is 3. The second kappa shape index (κ2) is 3.18. The van der Waals surface area contributed by atoms with Gasteiger partial charge in [0.2, 0.25) is 0 Å². The Bertz CT molecular complexity index is 264. The van der Waals surface area contributed by atoms with Crippen molar-refractivity contribution in [1.82, 2.24) is 9.78 Å². The zero-order chi connectivity index (χ0) is 8.27. The molecule has 0 spiro atoms. The average molecular weight is 153 g/mol. The highest BCUT2D eigenvalue weighted by Gasteiger charge is 2.00. The van der Waals surface area contributed by atoms with Crippen LogP contribution in [0.2, 0.25) is 0 Å². The van der Waals surface area contributed by atoms with E-state index in [-0.39, 0.29) is 0 Å². The molecule has 0 aliphatic carbocycles. The van der Waals surface area contributed by atoms with E-state index in [0.29, 0.717) is 11.4 Å². The molecule has 0 unspecified atom stereocenters. The van der Waals surface area contributed by atoms with Crippen LogP contribution < -0.4 is 0 Å². The van der Waals surface area contributed by atoms with Crippen LogP contribution >= 0.6 is 0 Å². The van der Waals surface area contributed by atoms with Crippen LogP contribution in [-0.4, -0.2) is 20.7 Å². The number of hydrogen-bond donors (Lipinski definition) is 1. The predicted octanol–water partition coefficient (Wildman–Crippen LogP) is 1.10. The topological polar surface area (TPSA) is 50.4 Å². The third-order valence-electron chi connectivity index (χ3n) is 1.49. The maximum Gasteiger partial charge on any atom is 0.110 e. The molecule has 1 aromatic rings. The van der Waals surface area contributed by atoms with Gasteiger partial charge in [-0.2, -0.15) is 5.10 Å². The summed E-state index contributed by atoms with van der Waals surface area (Å²) in [6, 6.07) is 1.82. The summed E-state index contributed by atoms with van der Waals surface area (Å²) in [5.74, 6) is 0. The highest BCUT2D eigenvalue weighted by Crippen LogP contribution is 1.96. The van der Waals surface area contributed by atoms with E-state index < -0.39 is 0 Å². The molecule has 1 heterocycles.